The maximum absolute atomic E-state index is 12.9. The molecule has 0 aliphatic heterocycles. The van der Waals surface area contributed by atoms with Gasteiger partial charge in [0.15, 0.2) is 0 Å². The Morgan fingerprint density at radius 3 is 2.24 bits per heavy atom. The van der Waals surface area contributed by atoms with Crippen LogP contribution in [0.4, 0.5) is 15.3 Å². The van der Waals surface area contributed by atoms with Crippen molar-refractivity contribution in [2.75, 3.05) is 19.0 Å². The third-order valence-corrected chi connectivity index (χ3v) is 4.45. The highest BCUT2D eigenvalue weighted by Crippen LogP contribution is 2.25. The average molecular weight is 494 g/mol. The Bertz CT molecular complexity index is 1050. The molecule has 10 heteroatoms. The third-order valence-electron chi connectivity index (χ3n) is 3.96. The van der Waals surface area contributed by atoms with Crippen LogP contribution in [0.15, 0.2) is 48.0 Å². The number of carbonyl (C=O) groups excluding carboxylic acids is 3. The van der Waals surface area contributed by atoms with Crippen molar-refractivity contribution in [1.82, 2.24) is 10.6 Å². The molecule has 176 valence electrons. The lowest BCUT2D eigenvalue weighted by molar-refractivity contribution is -0.116. The van der Waals surface area contributed by atoms with Gasteiger partial charge in [0.25, 0.3) is 5.91 Å². The SMILES string of the molecule is COc1ccc(Cl)cc1/C=C(\CNC(=O)OC(C)(C)C)C(=O)NC(=O)Nc1ccc(Cl)cc1. The first-order valence-electron chi connectivity index (χ1n) is 9.85. The highest BCUT2D eigenvalue weighted by molar-refractivity contribution is 6.31. The molecule has 33 heavy (non-hydrogen) atoms. The summed E-state index contributed by atoms with van der Waals surface area (Å²) >= 11 is 11.9. The van der Waals surface area contributed by atoms with Crippen molar-refractivity contribution < 1.29 is 23.9 Å². The van der Waals surface area contributed by atoms with Gasteiger partial charge in [-0.2, -0.15) is 0 Å². The van der Waals surface area contributed by atoms with Crippen LogP contribution in [-0.4, -0.2) is 37.3 Å². The Balaban J connectivity index is 2.22. The number of benzene rings is 2. The van der Waals surface area contributed by atoms with E-state index in [0.717, 1.165) is 0 Å². The number of imide groups is 1. The van der Waals surface area contributed by atoms with E-state index in [4.69, 9.17) is 32.7 Å². The first kappa shape index (κ1) is 26.0. The van der Waals surface area contributed by atoms with Crippen molar-refractivity contribution in [2.24, 2.45) is 0 Å². The zero-order valence-corrected chi connectivity index (χ0v) is 20.1. The van der Waals surface area contributed by atoms with Gasteiger partial charge >= 0.3 is 12.1 Å². The van der Waals surface area contributed by atoms with Crippen molar-refractivity contribution in [3.8, 4) is 5.75 Å². The van der Waals surface area contributed by atoms with E-state index in [2.05, 4.69) is 16.0 Å². The number of urea groups is 1. The molecule has 2 rings (SSSR count). The average Bonchev–Trinajstić information content (AvgIpc) is 2.71. The molecular weight excluding hydrogens is 469 g/mol. The molecule has 0 radical (unpaired) electrons. The lowest BCUT2D eigenvalue weighted by Crippen LogP contribution is -2.39. The quantitative estimate of drug-likeness (QED) is 0.476. The fourth-order valence-electron chi connectivity index (χ4n) is 2.56. The lowest BCUT2D eigenvalue weighted by atomic mass is 10.1. The van der Waals surface area contributed by atoms with Gasteiger partial charge in [-0.1, -0.05) is 23.2 Å². The van der Waals surface area contributed by atoms with Gasteiger partial charge in [-0.25, -0.2) is 9.59 Å². The van der Waals surface area contributed by atoms with E-state index >= 15 is 0 Å². The number of hydrogen-bond acceptors (Lipinski definition) is 5. The summed E-state index contributed by atoms with van der Waals surface area (Å²) in [6.45, 7) is 4.93. The number of alkyl carbamates (subject to hydrolysis) is 1. The molecule has 0 heterocycles. The van der Waals surface area contributed by atoms with Gasteiger partial charge in [-0.15, -0.1) is 0 Å². The Hall–Kier alpha value is -3.23. The third kappa shape index (κ3) is 9.03. The zero-order valence-electron chi connectivity index (χ0n) is 18.6. The fourth-order valence-corrected chi connectivity index (χ4v) is 2.87. The number of halogens is 2. The van der Waals surface area contributed by atoms with Crippen LogP contribution in [0, 0.1) is 0 Å². The second kappa shape index (κ2) is 11.6. The zero-order chi connectivity index (χ0) is 24.6. The van der Waals surface area contributed by atoms with Crippen LogP contribution in [0.3, 0.4) is 0 Å². The van der Waals surface area contributed by atoms with Crippen LogP contribution in [-0.2, 0) is 9.53 Å². The molecule has 8 nitrogen and oxygen atoms in total. The predicted molar refractivity (Wildman–Crippen MR) is 129 cm³/mol. The maximum Gasteiger partial charge on any atom is 0.407 e. The van der Waals surface area contributed by atoms with E-state index < -0.39 is 23.6 Å². The summed E-state index contributed by atoms with van der Waals surface area (Å²) < 4.78 is 10.5. The molecule has 4 amide bonds. The fraction of sp³-hybridized carbons (Fsp3) is 0.261. The van der Waals surface area contributed by atoms with E-state index in [0.29, 0.717) is 27.0 Å². The standard InChI is InChI=1S/C23H25Cl2N3O5/c1-23(2,3)33-22(31)26-13-15(11-14-12-17(25)7-10-19(14)32-4)20(29)28-21(30)27-18-8-5-16(24)6-9-18/h5-12H,13H2,1-4H3,(H,26,31)(H2,27,28,29,30)/b15-11+. The number of rotatable bonds is 6. The minimum atomic E-state index is -0.761. The minimum Gasteiger partial charge on any atom is -0.496 e. The molecule has 0 saturated heterocycles. The van der Waals surface area contributed by atoms with Gasteiger partial charge < -0.3 is 20.1 Å². The Kier molecular flexibility index (Phi) is 9.13. The molecule has 0 aromatic heterocycles. The summed E-state index contributed by atoms with van der Waals surface area (Å²) in [7, 11) is 1.47. The second-order valence-corrected chi connectivity index (χ2v) is 8.70. The van der Waals surface area contributed by atoms with Crippen LogP contribution in [0.5, 0.6) is 5.75 Å². The van der Waals surface area contributed by atoms with E-state index in [1.807, 2.05) is 0 Å². The van der Waals surface area contributed by atoms with Crippen molar-refractivity contribution in [3.05, 3.63) is 63.6 Å². The van der Waals surface area contributed by atoms with Crippen LogP contribution >= 0.6 is 23.2 Å². The Morgan fingerprint density at radius 1 is 1.00 bits per heavy atom. The molecule has 0 fully saturated rings. The van der Waals surface area contributed by atoms with Gasteiger partial charge in [0.1, 0.15) is 11.4 Å². The first-order valence-corrected chi connectivity index (χ1v) is 10.6. The molecule has 0 aliphatic rings. The monoisotopic (exact) mass is 493 g/mol. The van der Waals surface area contributed by atoms with Gasteiger partial charge in [0, 0.05) is 26.9 Å². The number of amides is 4. The summed E-state index contributed by atoms with van der Waals surface area (Å²) in [6, 6.07) is 10.5. The van der Waals surface area contributed by atoms with E-state index in [-0.39, 0.29) is 12.1 Å². The number of ether oxygens (including phenoxy) is 2. The molecule has 0 aliphatic carbocycles. The second-order valence-electron chi connectivity index (χ2n) is 7.83. The molecule has 0 atom stereocenters. The molecule has 0 bridgehead atoms. The van der Waals surface area contributed by atoms with Crippen molar-refractivity contribution in [3.63, 3.8) is 0 Å². The van der Waals surface area contributed by atoms with Crippen molar-refractivity contribution in [2.45, 2.75) is 26.4 Å². The molecule has 2 aromatic rings. The van der Waals surface area contributed by atoms with Crippen molar-refractivity contribution in [1.29, 1.82) is 0 Å². The maximum atomic E-state index is 12.9. The predicted octanol–water partition coefficient (Wildman–Crippen LogP) is 5.26. The summed E-state index contributed by atoms with van der Waals surface area (Å²) in [6.07, 6.45) is 0.748. The van der Waals surface area contributed by atoms with E-state index in [1.165, 1.54) is 13.2 Å². The van der Waals surface area contributed by atoms with Crippen LogP contribution in [0.2, 0.25) is 10.0 Å². The topological polar surface area (TPSA) is 106 Å². The van der Waals surface area contributed by atoms with Crippen LogP contribution < -0.4 is 20.7 Å². The van der Waals surface area contributed by atoms with Crippen LogP contribution in [0.25, 0.3) is 6.08 Å². The summed E-state index contributed by atoms with van der Waals surface area (Å²) in [5.41, 5.74) is 0.274. The molecule has 0 saturated carbocycles. The smallest absolute Gasteiger partial charge is 0.407 e. The van der Waals surface area contributed by atoms with Gasteiger partial charge in [0.2, 0.25) is 0 Å². The largest absolute Gasteiger partial charge is 0.496 e. The number of methoxy groups -OCH3 is 1. The molecule has 0 unspecified atom stereocenters. The highest BCUT2D eigenvalue weighted by Gasteiger charge is 2.19. The Labute approximate surface area is 202 Å². The van der Waals surface area contributed by atoms with Gasteiger partial charge in [0.05, 0.1) is 13.7 Å². The summed E-state index contributed by atoms with van der Waals surface area (Å²) in [5.74, 6) is -0.285. The molecular formula is C23H25Cl2N3O5. The van der Waals surface area contributed by atoms with Gasteiger partial charge in [-0.05, 0) is 69.3 Å². The van der Waals surface area contributed by atoms with Crippen LogP contribution in [0.1, 0.15) is 26.3 Å². The number of nitrogens with one attached hydrogen (secondary N) is 3. The Morgan fingerprint density at radius 2 is 1.64 bits per heavy atom. The highest BCUT2D eigenvalue weighted by atomic mass is 35.5. The normalized spacial score (nSPS) is 11.4. The molecule has 2 aromatic carbocycles. The number of carbonyl (C=O) groups is 3. The lowest BCUT2D eigenvalue weighted by Gasteiger charge is -2.20. The summed E-state index contributed by atoms with van der Waals surface area (Å²) in [5, 5.41) is 8.20. The first-order chi connectivity index (χ1) is 15.5. The van der Waals surface area contributed by atoms with E-state index in [1.54, 1.807) is 63.2 Å². The number of anilines is 1. The molecule has 0 spiro atoms. The van der Waals surface area contributed by atoms with Gasteiger partial charge in [-0.3, -0.25) is 10.1 Å². The number of hydrogen-bond donors (Lipinski definition) is 3. The van der Waals surface area contributed by atoms with Crippen molar-refractivity contribution >= 4 is 53.0 Å². The minimum absolute atomic E-state index is 0.0627. The summed E-state index contributed by atoms with van der Waals surface area (Å²) in [4.78, 5) is 37.2. The van der Waals surface area contributed by atoms with E-state index in [9.17, 15) is 14.4 Å². The molecule has 3 N–H and O–H groups in total.